The molecule has 5 heteroatoms. The zero-order valence-electron chi connectivity index (χ0n) is 9.31. The largest absolute Gasteiger partial charge is 0.469 e. The van der Waals surface area contributed by atoms with Gasteiger partial charge in [-0.1, -0.05) is 0 Å². The van der Waals surface area contributed by atoms with Crippen LogP contribution in [-0.4, -0.2) is 43.2 Å². The molecule has 1 fully saturated rings. The Labute approximate surface area is 94.1 Å². The Morgan fingerprint density at radius 2 is 2.50 bits per heavy atom. The molecule has 2 N–H and O–H groups in total. The first-order chi connectivity index (χ1) is 7.72. The fourth-order valence-electron chi connectivity index (χ4n) is 1.84. The summed E-state index contributed by atoms with van der Waals surface area (Å²) in [5, 5.41) is 0. The van der Waals surface area contributed by atoms with E-state index in [-0.39, 0.29) is 11.9 Å². The van der Waals surface area contributed by atoms with Gasteiger partial charge < -0.3 is 19.8 Å². The number of carbonyl (C=O) groups is 1. The minimum absolute atomic E-state index is 0.0311. The zero-order valence-corrected chi connectivity index (χ0v) is 9.31. The van der Waals surface area contributed by atoms with Crippen molar-refractivity contribution in [2.45, 2.75) is 13.0 Å². The maximum atomic E-state index is 12.1. The van der Waals surface area contributed by atoms with Crippen molar-refractivity contribution < 1.29 is 13.9 Å². The van der Waals surface area contributed by atoms with E-state index in [1.165, 1.54) is 6.26 Å². The summed E-state index contributed by atoms with van der Waals surface area (Å²) in [5.74, 6) is 0.705. The molecular formula is C11H16N2O3. The summed E-state index contributed by atoms with van der Waals surface area (Å²) < 4.78 is 10.4. The van der Waals surface area contributed by atoms with Crippen LogP contribution >= 0.6 is 0 Å². The summed E-state index contributed by atoms with van der Waals surface area (Å²) in [7, 11) is 0. The molecule has 1 saturated heterocycles. The maximum Gasteiger partial charge on any atom is 0.257 e. The molecule has 0 radical (unpaired) electrons. The first kappa shape index (κ1) is 11.2. The van der Waals surface area contributed by atoms with Crippen LogP contribution in [-0.2, 0) is 4.74 Å². The molecule has 0 aliphatic carbocycles. The monoisotopic (exact) mass is 224 g/mol. The highest BCUT2D eigenvalue weighted by molar-refractivity contribution is 5.94. The molecule has 5 nitrogen and oxygen atoms in total. The number of nitrogens with zero attached hydrogens (tertiary/aromatic N) is 1. The number of rotatable bonds is 2. The number of ether oxygens (including phenoxy) is 1. The lowest BCUT2D eigenvalue weighted by atomic mass is 10.2. The van der Waals surface area contributed by atoms with Gasteiger partial charge in [0.1, 0.15) is 12.0 Å². The van der Waals surface area contributed by atoms with Crippen LogP contribution < -0.4 is 5.73 Å². The number of morpholine rings is 1. The average Bonchev–Trinajstić information content (AvgIpc) is 2.75. The van der Waals surface area contributed by atoms with Gasteiger partial charge in [-0.3, -0.25) is 4.79 Å². The molecule has 1 amide bonds. The molecular weight excluding hydrogens is 208 g/mol. The van der Waals surface area contributed by atoms with E-state index in [2.05, 4.69) is 0 Å². The van der Waals surface area contributed by atoms with Crippen LogP contribution in [0.3, 0.4) is 0 Å². The van der Waals surface area contributed by atoms with E-state index in [1.807, 2.05) is 6.92 Å². The van der Waals surface area contributed by atoms with E-state index in [1.54, 1.807) is 11.0 Å². The number of aryl methyl sites for hydroxylation is 1. The molecule has 0 spiro atoms. The van der Waals surface area contributed by atoms with Gasteiger partial charge in [-0.15, -0.1) is 0 Å². The lowest BCUT2D eigenvalue weighted by Crippen LogP contribution is -2.51. The first-order valence-electron chi connectivity index (χ1n) is 5.36. The number of furan rings is 1. The van der Waals surface area contributed by atoms with Gasteiger partial charge in [0.05, 0.1) is 24.8 Å². The molecule has 1 aromatic heterocycles. The highest BCUT2D eigenvalue weighted by Gasteiger charge is 2.27. The van der Waals surface area contributed by atoms with Crippen molar-refractivity contribution in [3.8, 4) is 0 Å². The summed E-state index contributed by atoms with van der Waals surface area (Å²) in [4.78, 5) is 13.9. The SMILES string of the molecule is Cc1cc(C(=O)N2CCOCC2CN)co1. The molecule has 2 heterocycles. The van der Waals surface area contributed by atoms with Crippen molar-refractivity contribution in [1.82, 2.24) is 4.90 Å². The third-order valence-corrected chi connectivity index (χ3v) is 2.74. The Kier molecular flexibility index (Phi) is 3.26. The molecule has 88 valence electrons. The predicted octanol–water partition coefficient (Wildman–Crippen LogP) is 0.388. The van der Waals surface area contributed by atoms with Crippen LogP contribution in [0.25, 0.3) is 0 Å². The Balaban J connectivity index is 2.13. The maximum absolute atomic E-state index is 12.1. The number of carbonyl (C=O) groups excluding carboxylic acids is 1. The highest BCUT2D eigenvalue weighted by atomic mass is 16.5. The molecule has 0 bridgehead atoms. The van der Waals surface area contributed by atoms with Gasteiger partial charge >= 0.3 is 0 Å². The molecule has 2 rings (SSSR count). The quantitative estimate of drug-likeness (QED) is 0.789. The Bertz CT molecular complexity index is 375. The van der Waals surface area contributed by atoms with E-state index in [4.69, 9.17) is 14.9 Å². The normalized spacial score (nSPS) is 21.1. The molecule has 16 heavy (non-hydrogen) atoms. The second-order valence-corrected chi connectivity index (χ2v) is 3.91. The van der Waals surface area contributed by atoms with Crippen molar-refractivity contribution in [3.05, 3.63) is 23.7 Å². The molecule has 1 aliphatic rings. The second-order valence-electron chi connectivity index (χ2n) is 3.91. The van der Waals surface area contributed by atoms with Gasteiger partial charge in [0.25, 0.3) is 5.91 Å². The van der Waals surface area contributed by atoms with Crippen molar-refractivity contribution >= 4 is 5.91 Å². The van der Waals surface area contributed by atoms with E-state index in [0.717, 1.165) is 5.76 Å². The van der Waals surface area contributed by atoms with Gasteiger partial charge in [-0.05, 0) is 13.0 Å². The fraction of sp³-hybridized carbons (Fsp3) is 0.545. The van der Waals surface area contributed by atoms with Gasteiger partial charge in [0.2, 0.25) is 0 Å². The minimum Gasteiger partial charge on any atom is -0.469 e. The molecule has 0 aromatic carbocycles. The number of nitrogens with two attached hydrogens (primary N) is 1. The standard InChI is InChI=1S/C11H16N2O3/c1-8-4-9(6-16-8)11(14)13-2-3-15-7-10(13)5-12/h4,6,10H,2-3,5,7,12H2,1H3. The van der Waals surface area contributed by atoms with Crippen molar-refractivity contribution in [2.75, 3.05) is 26.3 Å². The van der Waals surface area contributed by atoms with Gasteiger partial charge in [-0.25, -0.2) is 0 Å². The Morgan fingerprint density at radius 1 is 1.69 bits per heavy atom. The summed E-state index contributed by atoms with van der Waals surface area (Å²) in [6, 6.07) is 1.71. The number of hydrogen-bond acceptors (Lipinski definition) is 4. The smallest absolute Gasteiger partial charge is 0.257 e. The summed E-state index contributed by atoms with van der Waals surface area (Å²) >= 11 is 0. The summed E-state index contributed by atoms with van der Waals surface area (Å²) in [6.45, 7) is 3.90. The van der Waals surface area contributed by atoms with E-state index >= 15 is 0 Å². The van der Waals surface area contributed by atoms with Crippen molar-refractivity contribution in [3.63, 3.8) is 0 Å². The van der Waals surface area contributed by atoms with E-state index in [9.17, 15) is 4.79 Å². The van der Waals surface area contributed by atoms with Crippen LogP contribution in [0.15, 0.2) is 16.7 Å². The minimum atomic E-state index is -0.0319. The average molecular weight is 224 g/mol. The van der Waals surface area contributed by atoms with Crippen molar-refractivity contribution in [2.24, 2.45) is 5.73 Å². The number of amides is 1. The van der Waals surface area contributed by atoms with Crippen LogP contribution in [0.1, 0.15) is 16.1 Å². The van der Waals surface area contributed by atoms with Gasteiger partial charge in [-0.2, -0.15) is 0 Å². The lowest BCUT2D eigenvalue weighted by molar-refractivity contribution is 0.000804. The molecule has 0 saturated carbocycles. The molecule has 1 aromatic rings. The van der Waals surface area contributed by atoms with E-state index in [0.29, 0.717) is 31.9 Å². The Morgan fingerprint density at radius 3 is 3.12 bits per heavy atom. The second kappa shape index (κ2) is 4.67. The predicted molar refractivity (Wildman–Crippen MR) is 58.1 cm³/mol. The molecule has 1 atom stereocenters. The topological polar surface area (TPSA) is 68.7 Å². The van der Waals surface area contributed by atoms with Crippen molar-refractivity contribution in [1.29, 1.82) is 0 Å². The first-order valence-corrected chi connectivity index (χ1v) is 5.36. The summed E-state index contributed by atoms with van der Waals surface area (Å²) in [5.41, 5.74) is 6.20. The highest BCUT2D eigenvalue weighted by Crippen LogP contribution is 2.14. The molecule has 1 unspecified atom stereocenters. The Hall–Kier alpha value is -1.33. The van der Waals surface area contributed by atoms with E-state index < -0.39 is 0 Å². The summed E-state index contributed by atoms with van der Waals surface area (Å²) in [6.07, 6.45) is 1.49. The zero-order chi connectivity index (χ0) is 11.5. The van der Waals surface area contributed by atoms with Crippen LogP contribution in [0, 0.1) is 6.92 Å². The number of hydrogen-bond donors (Lipinski definition) is 1. The third kappa shape index (κ3) is 2.10. The molecule has 1 aliphatic heterocycles. The van der Waals surface area contributed by atoms with Gasteiger partial charge in [0, 0.05) is 13.1 Å². The third-order valence-electron chi connectivity index (χ3n) is 2.74. The van der Waals surface area contributed by atoms with Crippen LogP contribution in [0.4, 0.5) is 0 Å². The van der Waals surface area contributed by atoms with Gasteiger partial charge in [0.15, 0.2) is 0 Å². The fourth-order valence-corrected chi connectivity index (χ4v) is 1.84. The van der Waals surface area contributed by atoms with Crippen LogP contribution in [0.2, 0.25) is 0 Å². The lowest BCUT2D eigenvalue weighted by Gasteiger charge is -2.34. The van der Waals surface area contributed by atoms with Crippen LogP contribution in [0.5, 0.6) is 0 Å².